The Kier molecular flexibility index (Phi) is 2.56. The van der Waals surface area contributed by atoms with Crippen LogP contribution in [0.1, 0.15) is 18.2 Å². The summed E-state index contributed by atoms with van der Waals surface area (Å²) in [6, 6.07) is 4.07. The lowest BCUT2D eigenvalue weighted by atomic mass is 10.1. The van der Waals surface area contributed by atoms with Crippen LogP contribution in [0.4, 0.5) is 0 Å². The fourth-order valence-electron chi connectivity index (χ4n) is 2.35. The van der Waals surface area contributed by atoms with Crippen LogP contribution in [0.5, 0.6) is 0 Å². The Morgan fingerprint density at radius 1 is 1.42 bits per heavy atom. The van der Waals surface area contributed by atoms with E-state index in [4.69, 9.17) is 4.52 Å². The van der Waals surface area contributed by atoms with E-state index in [0.29, 0.717) is 11.7 Å². The van der Waals surface area contributed by atoms with Crippen LogP contribution in [-0.4, -0.2) is 28.2 Å². The molecule has 1 saturated heterocycles. The summed E-state index contributed by atoms with van der Waals surface area (Å²) in [6.45, 7) is 1.94. The van der Waals surface area contributed by atoms with Crippen LogP contribution in [-0.2, 0) is 0 Å². The van der Waals surface area contributed by atoms with Crippen molar-refractivity contribution in [3.05, 3.63) is 29.6 Å². The van der Waals surface area contributed by atoms with Crippen molar-refractivity contribution in [2.45, 2.75) is 12.3 Å². The summed E-state index contributed by atoms with van der Waals surface area (Å²) in [5.41, 5.74) is 1.92. The van der Waals surface area contributed by atoms with E-state index < -0.39 is 0 Å². The monoisotopic (exact) mass is 272 g/mol. The molecule has 5 nitrogen and oxygen atoms in total. The molecule has 3 aromatic heterocycles. The topological polar surface area (TPSA) is 63.8 Å². The van der Waals surface area contributed by atoms with Crippen LogP contribution in [0.2, 0.25) is 0 Å². The van der Waals surface area contributed by atoms with Gasteiger partial charge in [-0.3, -0.25) is 4.98 Å². The fourth-order valence-corrected chi connectivity index (χ4v) is 3.13. The van der Waals surface area contributed by atoms with Gasteiger partial charge < -0.3 is 9.84 Å². The zero-order valence-electron chi connectivity index (χ0n) is 10.2. The van der Waals surface area contributed by atoms with Crippen LogP contribution < -0.4 is 5.32 Å². The van der Waals surface area contributed by atoms with E-state index in [2.05, 4.69) is 26.5 Å². The normalized spacial score (nSPS) is 19.3. The molecule has 0 bridgehead atoms. The number of nitrogens with zero attached hydrogens (tertiary/aromatic N) is 3. The molecule has 1 aliphatic rings. The van der Waals surface area contributed by atoms with Gasteiger partial charge in [-0.2, -0.15) is 4.98 Å². The molecule has 0 saturated carbocycles. The fraction of sp³-hybridized carbons (Fsp3) is 0.308. The lowest BCUT2D eigenvalue weighted by molar-refractivity contribution is 0.359. The number of nitrogens with one attached hydrogen (secondary N) is 1. The summed E-state index contributed by atoms with van der Waals surface area (Å²) in [7, 11) is 0. The highest BCUT2D eigenvalue weighted by Gasteiger charge is 2.23. The van der Waals surface area contributed by atoms with E-state index in [1.54, 1.807) is 17.5 Å². The molecule has 6 heteroatoms. The minimum atomic E-state index is 0.347. The minimum Gasteiger partial charge on any atom is -0.339 e. The zero-order chi connectivity index (χ0) is 12.7. The molecular formula is C13H12N4OS. The summed E-state index contributed by atoms with van der Waals surface area (Å²) in [4.78, 5) is 8.90. The third-order valence-electron chi connectivity index (χ3n) is 3.41. The Hall–Kier alpha value is -1.79. The van der Waals surface area contributed by atoms with E-state index >= 15 is 0 Å². The maximum Gasteiger partial charge on any atom is 0.231 e. The molecular weight excluding hydrogens is 260 g/mol. The van der Waals surface area contributed by atoms with Crippen molar-refractivity contribution < 1.29 is 4.52 Å². The SMILES string of the molecule is c1cc2ncc(-c3noc(C4CCNC4)n3)cc2s1. The lowest BCUT2D eigenvalue weighted by Crippen LogP contribution is -2.08. The average Bonchev–Trinajstić information content (AvgIpc) is 3.18. The minimum absolute atomic E-state index is 0.347. The first kappa shape index (κ1) is 11.1. The van der Waals surface area contributed by atoms with Gasteiger partial charge in [0.05, 0.1) is 16.1 Å². The molecule has 0 aliphatic carbocycles. The van der Waals surface area contributed by atoms with Gasteiger partial charge in [-0.15, -0.1) is 11.3 Å². The summed E-state index contributed by atoms with van der Waals surface area (Å²) in [5, 5.41) is 9.41. The summed E-state index contributed by atoms with van der Waals surface area (Å²) in [6.07, 6.45) is 2.86. The van der Waals surface area contributed by atoms with Crippen molar-refractivity contribution in [2.24, 2.45) is 0 Å². The van der Waals surface area contributed by atoms with Gasteiger partial charge in [0.25, 0.3) is 0 Å². The average molecular weight is 272 g/mol. The van der Waals surface area contributed by atoms with Gasteiger partial charge in [0.2, 0.25) is 11.7 Å². The van der Waals surface area contributed by atoms with Gasteiger partial charge in [-0.05, 0) is 30.5 Å². The summed E-state index contributed by atoms with van der Waals surface area (Å²) in [5.74, 6) is 1.70. The Balaban J connectivity index is 1.70. The molecule has 3 aromatic rings. The number of hydrogen-bond acceptors (Lipinski definition) is 6. The van der Waals surface area contributed by atoms with Gasteiger partial charge in [-0.25, -0.2) is 0 Å². The summed E-state index contributed by atoms with van der Waals surface area (Å²) >= 11 is 1.67. The maximum atomic E-state index is 5.37. The molecule has 4 rings (SSSR count). The van der Waals surface area contributed by atoms with Crippen molar-refractivity contribution in [3.63, 3.8) is 0 Å². The van der Waals surface area contributed by atoms with Crippen LogP contribution in [0, 0.1) is 0 Å². The van der Waals surface area contributed by atoms with Crippen LogP contribution in [0.3, 0.4) is 0 Å². The number of fused-ring (bicyclic) bond motifs is 1. The van der Waals surface area contributed by atoms with E-state index in [1.165, 1.54) is 0 Å². The highest BCUT2D eigenvalue weighted by Crippen LogP contribution is 2.26. The second kappa shape index (κ2) is 4.40. The molecule has 0 spiro atoms. The predicted octanol–water partition coefficient (Wildman–Crippen LogP) is 2.42. The van der Waals surface area contributed by atoms with E-state index in [-0.39, 0.29) is 0 Å². The predicted molar refractivity (Wildman–Crippen MR) is 73.1 cm³/mol. The van der Waals surface area contributed by atoms with Gasteiger partial charge in [0.1, 0.15) is 0 Å². The third kappa shape index (κ3) is 1.93. The van der Waals surface area contributed by atoms with Gasteiger partial charge >= 0.3 is 0 Å². The molecule has 19 heavy (non-hydrogen) atoms. The Morgan fingerprint density at radius 3 is 3.32 bits per heavy atom. The van der Waals surface area contributed by atoms with Crippen molar-refractivity contribution in [2.75, 3.05) is 13.1 Å². The van der Waals surface area contributed by atoms with Crippen molar-refractivity contribution >= 4 is 21.6 Å². The first-order valence-electron chi connectivity index (χ1n) is 6.28. The highest BCUT2D eigenvalue weighted by molar-refractivity contribution is 7.17. The first-order chi connectivity index (χ1) is 9.40. The van der Waals surface area contributed by atoms with Crippen LogP contribution in [0.15, 0.2) is 28.2 Å². The Morgan fingerprint density at radius 2 is 2.42 bits per heavy atom. The van der Waals surface area contributed by atoms with E-state index in [0.717, 1.165) is 41.2 Å². The quantitative estimate of drug-likeness (QED) is 0.776. The van der Waals surface area contributed by atoms with Gasteiger partial charge in [-0.1, -0.05) is 5.16 Å². The zero-order valence-corrected chi connectivity index (χ0v) is 11.0. The van der Waals surface area contributed by atoms with E-state index in [9.17, 15) is 0 Å². The third-order valence-corrected chi connectivity index (χ3v) is 4.27. The smallest absolute Gasteiger partial charge is 0.231 e. The standard InChI is InChI=1S/C13H12N4OS/c1-3-14-6-8(1)13-16-12(17-18-13)9-5-11-10(15-7-9)2-4-19-11/h2,4-5,7-8,14H,1,3,6H2. The van der Waals surface area contributed by atoms with Crippen LogP contribution in [0.25, 0.3) is 21.6 Å². The van der Waals surface area contributed by atoms with Crippen molar-refractivity contribution in [1.29, 1.82) is 0 Å². The number of rotatable bonds is 2. The molecule has 0 aromatic carbocycles. The summed E-state index contributed by atoms with van der Waals surface area (Å²) < 4.78 is 6.52. The molecule has 4 heterocycles. The second-order valence-corrected chi connectivity index (χ2v) is 5.62. The Bertz CT molecular complexity index is 714. The van der Waals surface area contributed by atoms with Gasteiger partial charge in [0, 0.05) is 18.3 Å². The maximum absolute atomic E-state index is 5.37. The lowest BCUT2D eigenvalue weighted by Gasteiger charge is -1.98. The molecule has 0 radical (unpaired) electrons. The number of hydrogen-bond donors (Lipinski definition) is 1. The largest absolute Gasteiger partial charge is 0.339 e. The second-order valence-electron chi connectivity index (χ2n) is 4.67. The molecule has 96 valence electrons. The van der Waals surface area contributed by atoms with Crippen molar-refractivity contribution in [1.82, 2.24) is 20.4 Å². The molecule has 1 fully saturated rings. The molecule has 1 aliphatic heterocycles. The van der Waals surface area contributed by atoms with Crippen molar-refractivity contribution in [3.8, 4) is 11.4 Å². The van der Waals surface area contributed by atoms with Gasteiger partial charge in [0.15, 0.2) is 0 Å². The highest BCUT2D eigenvalue weighted by atomic mass is 32.1. The Labute approximate surface area is 113 Å². The molecule has 1 unspecified atom stereocenters. The van der Waals surface area contributed by atoms with E-state index in [1.807, 2.05) is 11.4 Å². The van der Waals surface area contributed by atoms with Crippen LogP contribution >= 0.6 is 11.3 Å². The molecule has 1 atom stereocenters. The molecule has 1 N–H and O–H groups in total. The molecule has 0 amide bonds. The first-order valence-corrected chi connectivity index (χ1v) is 7.16. The number of aromatic nitrogens is 3. The number of thiophene rings is 1. The number of pyridine rings is 1.